The zero-order valence-corrected chi connectivity index (χ0v) is 14.4. The van der Waals surface area contributed by atoms with Crippen molar-refractivity contribution in [1.82, 2.24) is 10.1 Å². The number of aryl methyl sites for hydroxylation is 3. The Bertz CT molecular complexity index is 926. The van der Waals surface area contributed by atoms with E-state index in [1.54, 1.807) is 26.0 Å². The molecule has 0 spiro atoms. The van der Waals surface area contributed by atoms with Crippen molar-refractivity contribution in [2.45, 2.75) is 27.2 Å². The summed E-state index contributed by atoms with van der Waals surface area (Å²) < 4.78 is 10.3. The number of thiophene rings is 1. The Labute approximate surface area is 142 Å². The van der Waals surface area contributed by atoms with Crippen LogP contribution in [0.3, 0.4) is 0 Å². The van der Waals surface area contributed by atoms with E-state index in [4.69, 9.17) is 9.26 Å². The summed E-state index contributed by atoms with van der Waals surface area (Å²) in [6.07, 6.45) is 0.874. The van der Waals surface area contributed by atoms with Crippen molar-refractivity contribution in [2.75, 3.05) is 6.61 Å². The van der Waals surface area contributed by atoms with E-state index in [9.17, 15) is 9.59 Å². The molecule has 0 amide bonds. The maximum Gasteiger partial charge on any atom is 0.339 e. The van der Waals surface area contributed by atoms with Gasteiger partial charge in [0.05, 0.1) is 21.5 Å². The molecule has 3 heterocycles. The van der Waals surface area contributed by atoms with Gasteiger partial charge in [-0.2, -0.15) is 0 Å². The molecular formula is C17H16N2O4S. The van der Waals surface area contributed by atoms with Crippen LogP contribution in [0, 0.1) is 13.8 Å². The minimum atomic E-state index is -0.586. The highest BCUT2D eigenvalue weighted by Gasteiger charge is 2.20. The third-order valence-electron chi connectivity index (χ3n) is 3.58. The van der Waals surface area contributed by atoms with Gasteiger partial charge < -0.3 is 9.26 Å². The Morgan fingerprint density at radius 1 is 1.29 bits per heavy atom. The Morgan fingerprint density at radius 2 is 2.08 bits per heavy atom. The monoisotopic (exact) mass is 344 g/mol. The molecule has 0 aliphatic rings. The molecule has 3 rings (SSSR count). The van der Waals surface area contributed by atoms with Gasteiger partial charge in [-0.15, -0.1) is 11.3 Å². The molecule has 0 atom stereocenters. The summed E-state index contributed by atoms with van der Waals surface area (Å²) in [6, 6.07) is 5.29. The standard InChI is InChI=1S/C17H16N2O4S/c1-4-11-5-6-14(24-11)13(20)8-22-17(21)12-7-9(2)18-16-15(12)10(3)19-23-16/h5-7H,4,8H2,1-3H3. The molecule has 0 saturated heterocycles. The highest BCUT2D eigenvalue weighted by atomic mass is 32.1. The molecule has 0 N–H and O–H groups in total. The Balaban J connectivity index is 1.78. The van der Waals surface area contributed by atoms with Crippen molar-refractivity contribution < 1.29 is 18.8 Å². The summed E-state index contributed by atoms with van der Waals surface area (Å²) in [7, 11) is 0. The molecule has 6 nitrogen and oxygen atoms in total. The summed E-state index contributed by atoms with van der Waals surface area (Å²) in [4.78, 5) is 30.4. The smallest absolute Gasteiger partial charge is 0.339 e. The van der Waals surface area contributed by atoms with Crippen LogP contribution in [0.4, 0.5) is 0 Å². The Kier molecular flexibility index (Phi) is 4.44. The van der Waals surface area contributed by atoms with Gasteiger partial charge in [0.2, 0.25) is 5.78 Å². The molecule has 124 valence electrons. The first-order chi connectivity index (χ1) is 11.5. The number of pyridine rings is 1. The number of aromatic nitrogens is 2. The number of esters is 1. The number of carbonyl (C=O) groups is 2. The van der Waals surface area contributed by atoms with Gasteiger partial charge in [0.25, 0.3) is 5.71 Å². The van der Waals surface area contributed by atoms with E-state index in [2.05, 4.69) is 10.1 Å². The first kappa shape index (κ1) is 16.3. The molecule has 0 saturated carbocycles. The zero-order valence-electron chi connectivity index (χ0n) is 13.6. The molecule has 0 aromatic carbocycles. The predicted molar refractivity (Wildman–Crippen MR) is 89.6 cm³/mol. The second-order valence-corrected chi connectivity index (χ2v) is 6.55. The first-order valence-corrected chi connectivity index (χ1v) is 8.34. The molecule has 3 aromatic heterocycles. The summed E-state index contributed by atoms with van der Waals surface area (Å²) in [5.74, 6) is -0.797. The van der Waals surface area contributed by atoms with Gasteiger partial charge in [0.1, 0.15) is 0 Å². The van der Waals surface area contributed by atoms with Crippen LogP contribution < -0.4 is 0 Å². The molecule has 0 radical (unpaired) electrons. The second-order valence-electron chi connectivity index (χ2n) is 5.38. The van der Waals surface area contributed by atoms with Crippen LogP contribution in [0.2, 0.25) is 0 Å². The third-order valence-corrected chi connectivity index (χ3v) is 4.85. The van der Waals surface area contributed by atoms with Gasteiger partial charge in [-0.05, 0) is 38.5 Å². The quantitative estimate of drug-likeness (QED) is 0.520. The predicted octanol–water partition coefficient (Wildman–Crippen LogP) is 3.50. The molecule has 7 heteroatoms. The summed E-state index contributed by atoms with van der Waals surface area (Å²) in [5, 5.41) is 4.34. The minimum Gasteiger partial charge on any atom is -0.454 e. The van der Waals surface area contributed by atoms with Gasteiger partial charge in [-0.3, -0.25) is 4.79 Å². The van der Waals surface area contributed by atoms with E-state index in [1.165, 1.54) is 11.3 Å². The molecule has 0 aliphatic heterocycles. The van der Waals surface area contributed by atoms with Crippen molar-refractivity contribution in [3.05, 3.63) is 44.9 Å². The average Bonchev–Trinajstić information content (AvgIpc) is 3.18. The van der Waals surface area contributed by atoms with Gasteiger partial charge in [-0.1, -0.05) is 12.1 Å². The largest absolute Gasteiger partial charge is 0.454 e. The normalized spacial score (nSPS) is 11.0. The van der Waals surface area contributed by atoms with Crippen LogP contribution >= 0.6 is 11.3 Å². The van der Waals surface area contributed by atoms with Crippen molar-refractivity contribution in [3.8, 4) is 0 Å². The lowest BCUT2D eigenvalue weighted by Crippen LogP contribution is -2.14. The van der Waals surface area contributed by atoms with Gasteiger partial charge in [0, 0.05) is 10.6 Å². The van der Waals surface area contributed by atoms with Crippen LogP contribution in [0.25, 0.3) is 11.1 Å². The van der Waals surface area contributed by atoms with Crippen molar-refractivity contribution in [2.24, 2.45) is 0 Å². The SMILES string of the molecule is CCc1ccc(C(=O)COC(=O)c2cc(C)nc3onc(C)c23)s1. The topological polar surface area (TPSA) is 82.3 Å². The molecule has 0 fully saturated rings. The van der Waals surface area contributed by atoms with Crippen molar-refractivity contribution >= 4 is 34.2 Å². The first-order valence-electron chi connectivity index (χ1n) is 7.52. The molecule has 24 heavy (non-hydrogen) atoms. The second kappa shape index (κ2) is 6.52. The molecule has 3 aromatic rings. The fraction of sp³-hybridized carbons (Fsp3) is 0.294. The number of carbonyl (C=O) groups excluding carboxylic acids is 2. The summed E-state index contributed by atoms with van der Waals surface area (Å²) in [6.45, 7) is 5.20. The highest BCUT2D eigenvalue weighted by molar-refractivity contribution is 7.14. The lowest BCUT2D eigenvalue weighted by molar-refractivity contribution is 0.0477. The molecule has 0 bridgehead atoms. The van der Waals surface area contributed by atoms with Crippen molar-refractivity contribution in [3.63, 3.8) is 0 Å². The maximum absolute atomic E-state index is 12.4. The number of rotatable bonds is 5. The Morgan fingerprint density at radius 3 is 2.79 bits per heavy atom. The van der Waals surface area contributed by atoms with Crippen LogP contribution in [0.5, 0.6) is 0 Å². The van der Waals surface area contributed by atoms with E-state index in [-0.39, 0.29) is 18.1 Å². The lowest BCUT2D eigenvalue weighted by Gasteiger charge is -2.05. The van der Waals surface area contributed by atoms with E-state index in [0.29, 0.717) is 27.2 Å². The fourth-order valence-electron chi connectivity index (χ4n) is 2.38. The van der Waals surface area contributed by atoms with Crippen molar-refractivity contribution in [1.29, 1.82) is 0 Å². The minimum absolute atomic E-state index is 0.211. The number of nitrogens with zero attached hydrogens (tertiary/aromatic N) is 2. The maximum atomic E-state index is 12.4. The van der Waals surface area contributed by atoms with E-state index in [0.717, 1.165) is 11.3 Å². The number of hydrogen-bond donors (Lipinski definition) is 0. The van der Waals surface area contributed by atoms with E-state index in [1.807, 2.05) is 13.0 Å². The van der Waals surface area contributed by atoms with Gasteiger partial charge in [0.15, 0.2) is 6.61 Å². The van der Waals surface area contributed by atoms with E-state index < -0.39 is 5.97 Å². The van der Waals surface area contributed by atoms with Crippen LogP contribution in [0.15, 0.2) is 22.7 Å². The number of ether oxygens (including phenoxy) is 1. The van der Waals surface area contributed by atoms with Crippen LogP contribution in [0.1, 0.15) is 43.2 Å². The summed E-state index contributed by atoms with van der Waals surface area (Å²) >= 11 is 1.42. The van der Waals surface area contributed by atoms with E-state index >= 15 is 0 Å². The zero-order chi connectivity index (χ0) is 17.3. The third kappa shape index (κ3) is 3.07. The number of ketones is 1. The molecule has 0 aliphatic carbocycles. The van der Waals surface area contributed by atoms with Gasteiger partial charge in [-0.25, -0.2) is 9.78 Å². The lowest BCUT2D eigenvalue weighted by atomic mass is 10.1. The number of Topliss-reactive ketones (excluding diaryl/α,β-unsaturated/α-hetero) is 1. The highest BCUT2D eigenvalue weighted by Crippen LogP contribution is 2.23. The van der Waals surface area contributed by atoms with Crippen LogP contribution in [-0.2, 0) is 11.2 Å². The average molecular weight is 344 g/mol. The molecular weight excluding hydrogens is 328 g/mol. The molecule has 0 unspecified atom stereocenters. The summed E-state index contributed by atoms with van der Waals surface area (Å²) in [5.41, 5.74) is 1.77. The number of hydrogen-bond acceptors (Lipinski definition) is 7. The van der Waals surface area contributed by atoms with Gasteiger partial charge >= 0.3 is 5.97 Å². The van der Waals surface area contributed by atoms with Crippen LogP contribution in [-0.4, -0.2) is 28.5 Å². The number of fused-ring (bicyclic) bond motifs is 1. The Hall–Kier alpha value is -2.54. The fourth-order valence-corrected chi connectivity index (χ4v) is 3.25.